The summed E-state index contributed by atoms with van der Waals surface area (Å²) in [4.78, 5) is 16.5. The van der Waals surface area contributed by atoms with Crippen molar-refractivity contribution in [3.05, 3.63) is 23.2 Å². The third kappa shape index (κ3) is 3.35. The lowest BCUT2D eigenvalue weighted by molar-refractivity contribution is -0.119. The van der Waals surface area contributed by atoms with Crippen molar-refractivity contribution in [3.63, 3.8) is 0 Å². The highest BCUT2D eigenvalue weighted by Gasteiger charge is 2.17. The zero-order valence-electron chi connectivity index (χ0n) is 11.9. The van der Waals surface area contributed by atoms with E-state index < -0.39 is 0 Å². The Kier molecular flexibility index (Phi) is 4.40. The van der Waals surface area contributed by atoms with E-state index in [4.69, 9.17) is 11.6 Å². The lowest BCUT2D eigenvalue weighted by Crippen LogP contribution is -2.33. The van der Waals surface area contributed by atoms with Gasteiger partial charge in [0.05, 0.1) is 16.8 Å². The van der Waals surface area contributed by atoms with Crippen LogP contribution in [0.2, 0.25) is 5.02 Å². The first-order valence-corrected chi connectivity index (χ1v) is 8.54. The number of aryl methyl sites for hydroxylation is 1. The molecule has 0 unspecified atom stereocenters. The number of halogens is 1. The summed E-state index contributed by atoms with van der Waals surface area (Å²) in [6.45, 7) is 0. The van der Waals surface area contributed by atoms with Crippen molar-refractivity contribution in [2.24, 2.45) is 7.05 Å². The highest BCUT2D eigenvalue weighted by molar-refractivity contribution is 7.99. The third-order valence-electron chi connectivity index (χ3n) is 3.85. The summed E-state index contributed by atoms with van der Waals surface area (Å²) in [5.74, 6) is 0.499. The summed E-state index contributed by atoms with van der Waals surface area (Å²) in [6.07, 6.45) is 4.68. The van der Waals surface area contributed by atoms with Crippen LogP contribution in [0.4, 0.5) is 0 Å². The van der Waals surface area contributed by atoms with Gasteiger partial charge in [0, 0.05) is 18.1 Å². The Morgan fingerprint density at radius 1 is 1.48 bits per heavy atom. The maximum Gasteiger partial charge on any atom is 0.230 e. The molecule has 1 heterocycles. The number of amides is 1. The van der Waals surface area contributed by atoms with Crippen LogP contribution >= 0.6 is 23.4 Å². The smallest absolute Gasteiger partial charge is 0.230 e. The van der Waals surface area contributed by atoms with E-state index in [9.17, 15) is 4.79 Å². The van der Waals surface area contributed by atoms with E-state index in [1.54, 1.807) is 0 Å². The molecule has 0 bridgehead atoms. The SMILES string of the molecule is Cn1c(SCC(=O)NC2CCCC2)nc2cc(Cl)ccc21. The Hall–Kier alpha value is -1.20. The third-order valence-corrected chi connectivity index (χ3v) is 5.12. The minimum atomic E-state index is 0.0944. The molecule has 2 aromatic rings. The van der Waals surface area contributed by atoms with Crippen molar-refractivity contribution >= 4 is 40.3 Å². The molecule has 1 amide bonds. The van der Waals surface area contributed by atoms with E-state index in [1.165, 1.54) is 24.6 Å². The average Bonchev–Trinajstić information content (AvgIpc) is 3.05. The lowest BCUT2D eigenvalue weighted by Gasteiger charge is -2.11. The molecule has 6 heteroatoms. The first-order valence-electron chi connectivity index (χ1n) is 7.17. The topological polar surface area (TPSA) is 46.9 Å². The minimum Gasteiger partial charge on any atom is -0.353 e. The number of carbonyl (C=O) groups is 1. The molecule has 112 valence electrons. The van der Waals surface area contributed by atoms with E-state index in [1.807, 2.05) is 29.8 Å². The van der Waals surface area contributed by atoms with Gasteiger partial charge in [0.1, 0.15) is 0 Å². The zero-order chi connectivity index (χ0) is 14.8. The number of thioether (sulfide) groups is 1. The quantitative estimate of drug-likeness (QED) is 0.877. The van der Waals surface area contributed by atoms with E-state index in [-0.39, 0.29) is 5.91 Å². The molecule has 4 nitrogen and oxygen atoms in total. The number of fused-ring (bicyclic) bond motifs is 1. The standard InChI is InChI=1S/C15H18ClN3OS/c1-19-13-7-6-10(16)8-12(13)18-15(19)21-9-14(20)17-11-4-2-3-5-11/h6-8,11H,2-5,9H2,1H3,(H,17,20). The van der Waals surface area contributed by atoms with Gasteiger partial charge in [-0.2, -0.15) is 0 Å². The fourth-order valence-electron chi connectivity index (χ4n) is 2.75. The monoisotopic (exact) mass is 323 g/mol. The highest BCUT2D eigenvalue weighted by Crippen LogP contribution is 2.25. The van der Waals surface area contributed by atoms with Gasteiger partial charge in [-0.1, -0.05) is 36.2 Å². The summed E-state index contributed by atoms with van der Waals surface area (Å²) in [6, 6.07) is 6.03. The van der Waals surface area contributed by atoms with Gasteiger partial charge in [-0.15, -0.1) is 0 Å². The maximum absolute atomic E-state index is 12.0. The van der Waals surface area contributed by atoms with Gasteiger partial charge in [-0.05, 0) is 31.0 Å². The normalized spacial score (nSPS) is 15.7. The minimum absolute atomic E-state index is 0.0944. The van der Waals surface area contributed by atoms with Crippen molar-refractivity contribution in [3.8, 4) is 0 Å². The van der Waals surface area contributed by atoms with Crippen LogP contribution in [-0.2, 0) is 11.8 Å². The van der Waals surface area contributed by atoms with Gasteiger partial charge in [0.15, 0.2) is 5.16 Å². The number of benzene rings is 1. The molecule has 0 saturated heterocycles. The fourth-order valence-corrected chi connectivity index (χ4v) is 3.71. The van der Waals surface area contributed by atoms with Crippen molar-refractivity contribution in [1.29, 1.82) is 0 Å². The molecular weight excluding hydrogens is 306 g/mol. The van der Waals surface area contributed by atoms with Crippen LogP contribution in [0.25, 0.3) is 11.0 Å². The second-order valence-electron chi connectivity index (χ2n) is 5.42. The molecule has 3 rings (SSSR count). The van der Waals surface area contributed by atoms with Crippen LogP contribution in [-0.4, -0.2) is 27.3 Å². The predicted molar refractivity (Wildman–Crippen MR) is 86.8 cm³/mol. The van der Waals surface area contributed by atoms with Gasteiger partial charge in [-0.25, -0.2) is 4.98 Å². The van der Waals surface area contributed by atoms with E-state index in [0.29, 0.717) is 16.8 Å². The second kappa shape index (κ2) is 6.28. The number of imidazole rings is 1. The van der Waals surface area contributed by atoms with Gasteiger partial charge >= 0.3 is 0 Å². The molecule has 1 aromatic heterocycles. The number of hydrogen-bond donors (Lipinski definition) is 1. The zero-order valence-corrected chi connectivity index (χ0v) is 13.5. The lowest BCUT2D eigenvalue weighted by atomic mass is 10.2. The Morgan fingerprint density at radius 2 is 2.24 bits per heavy atom. The molecule has 21 heavy (non-hydrogen) atoms. The molecule has 1 N–H and O–H groups in total. The van der Waals surface area contributed by atoms with Crippen LogP contribution in [0.1, 0.15) is 25.7 Å². The van der Waals surface area contributed by atoms with Crippen LogP contribution in [0.15, 0.2) is 23.4 Å². The summed E-state index contributed by atoms with van der Waals surface area (Å²) in [7, 11) is 1.96. The van der Waals surface area contributed by atoms with Crippen LogP contribution in [0, 0.1) is 0 Å². The largest absolute Gasteiger partial charge is 0.353 e. The second-order valence-corrected chi connectivity index (χ2v) is 6.80. The first kappa shape index (κ1) is 14.7. The van der Waals surface area contributed by atoms with Crippen LogP contribution in [0.5, 0.6) is 0 Å². The van der Waals surface area contributed by atoms with Gasteiger partial charge in [-0.3, -0.25) is 4.79 Å². The van der Waals surface area contributed by atoms with Crippen LogP contribution in [0.3, 0.4) is 0 Å². The Labute approximate surface area is 133 Å². The summed E-state index contributed by atoms with van der Waals surface area (Å²) >= 11 is 7.45. The van der Waals surface area contributed by atoms with Crippen molar-refractivity contribution in [2.75, 3.05) is 5.75 Å². The molecular formula is C15H18ClN3OS. The molecule has 1 aromatic carbocycles. The number of aromatic nitrogens is 2. The molecule has 1 saturated carbocycles. The molecule has 0 spiro atoms. The summed E-state index contributed by atoms with van der Waals surface area (Å²) in [5.41, 5.74) is 1.89. The van der Waals surface area contributed by atoms with E-state index in [0.717, 1.165) is 29.0 Å². The van der Waals surface area contributed by atoms with E-state index in [2.05, 4.69) is 10.3 Å². The summed E-state index contributed by atoms with van der Waals surface area (Å²) < 4.78 is 2.00. The molecule has 1 fully saturated rings. The van der Waals surface area contributed by atoms with Crippen molar-refractivity contribution in [1.82, 2.24) is 14.9 Å². The summed E-state index contributed by atoms with van der Waals surface area (Å²) in [5, 5.41) is 4.61. The molecule has 0 atom stereocenters. The van der Waals surface area contributed by atoms with Crippen molar-refractivity contribution in [2.45, 2.75) is 36.9 Å². The van der Waals surface area contributed by atoms with E-state index >= 15 is 0 Å². The maximum atomic E-state index is 12.0. The number of carbonyl (C=O) groups excluding carboxylic acids is 1. The molecule has 0 aliphatic heterocycles. The first-order chi connectivity index (χ1) is 10.1. The fraction of sp³-hybridized carbons (Fsp3) is 0.467. The Morgan fingerprint density at radius 3 is 3.00 bits per heavy atom. The highest BCUT2D eigenvalue weighted by atomic mass is 35.5. The Bertz CT molecular complexity index is 664. The average molecular weight is 324 g/mol. The Balaban J connectivity index is 1.64. The molecule has 1 aliphatic carbocycles. The number of hydrogen-bond acceptors (Lipinski definition) is 3. The molecule has 1 aliphatic rings. The van der Waals surface area contributed by atoms with Gasteiger partial charge in [0.25, 0.3) is 0 Å². The van der Waals surface area contributed by atoms with Crippen molar-refractivity contribution < 1.29 is 4.79 Å². The number of nitrogens with one attached hydrogen (secondary N) is 1. The molecule has 0 radical (unpaired) electrons. The van der Waals surface area contributed by atoms with Gasteiger partial charge in [0.2, 0.25) is 5.91 Å². The number of nitrogens with zero attached hydrogens (tertiary/aromatic N) is 2. The van der Waals surface area contributed by atoms with Crippen LogP contribution < -0.4 is 5.32 Å². The number of rotatable bonds is 4. The predicted octanol–water partition coefficient (Wildman–Crippen LogP) is 3.38. The van der Waals surface area contributed by atoms with Gasteiger partial charge < -0.3 is 9.88 Å².